The molecule has 0 aliphatic heterocycles. The summed E-state index contributed by atoms with van der Waals surface area (Å²) in [7, 11) is 0. The number of rotatable bonds is 4. The smallest absolute Gasteiger partial charge is 0.303 e. The van der Waals surface area contributed by atoms with Gasteiger partial charge in [-0.2, -0.15) is 0 Å². The molecule has 0 bridgehead atoms. The molecule has 0 amide bonds. The van der Waals surface area contributed by atoms with Gasteiger partial charge in [0.05, 0.1) is 18.3 Å². The van der Waals surface area contributed by atoms with Crippen LogP contribution in [0.4, 0.5) is 0 Å². The van der Waals surface area contributed by atoms with Crippen LogP contribution in [0.5, 0.6) is 0 Å². The molecular formula is C24H40O5. The second kappa shape index (κ2) is 7.49. The molecule has 0 heterocycles. The van der Waals surface area contributed by atoms with Gasteiger partial charge in [-0.15, -0.1) is 0 Å². The summed E-state index contributed by atoms with van der Waals surface area (Å²) in [5.74, 6) is 0.997. The van der Waals surface area contributed by atoms with Crippen molar-refractivity contribution in [2.24, 2.45) is 46.3 Å². The SMILES string of the molecule is C[C@H](CCC(=O)O)[C@H]1CC[C@H]2[C@@H]3[C@@H](O)CC4C[C@H](O)CC[C@]4(C)[C@H]3C[C@H](O)[C@]12C. The van der Waals surface area contributed by atoms with Crippen LogP contribution in [0.2, 0.25) is 0 Å². The first-order chi connectivity index (χ1) is 13.6. The van der Waals surface area contributed by atoms with Crippen molar-refractivity contribution in [3.63, 3.8) is 0 Å². The van der Waals surface area contributed by atoms with Crippen LogP contribution in [0.15, 0.2) is 0 Å². The molecule has 4 aliphatic rings. The third-order valence-electron chi connectivity index (χ3n) is 10.3. The van der Waals surface area contributed by atoms with Gasteiger partial charge >= 0.3 is 5.97 Å². The maximum absolute atomic E-state index is 11.5. The molecule has 5 heteroatoms. The standard InChI is InChI=1S/C24H40O5/c1-13(4-7-21(28)29)16-5-6-17-22-18(12-20(27)24(16,17)3)23(2)9-8-15(25)10-14(23)11-19(22)26/h13-20,22,25-27H,4-12H2,1-3H3,(H,28,29)/t13-,14?,15-,16-,17+,18+,19+,20+,22+,23+,24-/m1/s1. The molecule has 0 saturated heterocycles. The average Bonchev–Trinajstić information content (AvgIpc) is 3.01. The minimum atomic E-state index is -0.748. The second-order valence-electron chi connectivity index (χ2n) is 11.4. The zero-order chi connectivity index (χ0) is 21.1. The maximum atomic E-state index is 11.5. The van der Waals surface area contributed by atoms with E-state index in [-0.39, 0.29) is 41.3 Å². The molecule has 4 rings (SSSR count). The normalized spacial score (nSPS) is 52.9. The molecule has 0 spiro atoms. The van der Waals surface area contributed by atoms with Gasteiger partial charge < -0.3 is 20.4 Å². The van der Waals surface area contributed by atoms with Gasteiger partial charge in [0.1, 0.15) is 0 Å². The van der Waals surface area contributed by atoms with E-state index in [1.807, 2.05) is 0 Å². The molecule has 0 aromatic carbocycles. The van der Waals surface area contributed by atoms with Gasteiger partial charge in [0.25, 0.3) is 0 Å². The van der Waals surface area contributed by atoms with Crippen molar-refractivity contribution in [3.05, 3.63) is 0 Å². The van der Waals surface area contributed by atoms with Crippen LogP contribution in [0.25, 0.3) is 0 Å². The number of aliphatic carboxylic acids is 1. The quantitative estimate of drug-likeness (QED) is 0.571. The highest BCUT2D eigenvalue weighted by Crippen LogP contribution is 2.68. The summed E-state index contributed by atoms with van der Waals surface area (Å²) in [6.07, 6.45) is 6.00. The molecule has 0 aromatic heterocycles. The Balaban J connectivity index is 1.61. The summed E-state index contributed by atoms with van der Waals surface area (Å²) in [6, 6.07) is 0. The van der Waals surface area contributed by atoms with Gasteiger partial charge in [-0.05, 0) is 97.7 Å². The summed E-state index contributed by atoms with van der Waals surface area (Å²) in [5.41, 5.74) is -0.143. The van der Waals surface area contributed by atoms with Gasteiger partial charge in [0.15, 0.2) is 0 Å². The van der Waals surface area contributed by atoms with Crippen LogP contribution in [0.1, 0.15) is 78.6 Å². The summed E-state index contributed by atoms with van der Waals surface area (Å²) in [4.78, 5) is 11.1. The molecule has 4 saturated carbocycles. The largest absolute Gasteiger partial charge is 0.481 e. The van der Waals surface area contributed by atoms with Crippen molar-refractivity contribution in [3.8, 4) is 0 Å². The molecule has 4 aliphatic carbocycles. The molecule has 166 valence electrons. The first-order valence-electron chi connectivity index (χ1n) is 11.8. The number of aliphatic hydroxyl groups excluding tert-OH is 3. The lowest BCUT2D eigenvalue weighted by Crippen LogP contribution is -2.62. The van der Waals surface area contributed by atoms with Crippen molar-refractivity contribution in [2.75, 3.05) is 0 Å². The van der Waals surface area contributed by atoms with Crippen LogP contribution < -0.4 is 0 Å². The predicted octanol–water partition coefficient (Wildman–Crippen LogP) is 3.45. The van der Waals surface area contributed by atoms with E-state index in [0.29, 0.717) is 30.1 Å². The van der Waals surface area contributed by atoms with Gasteiger partial charge in [0, 0.05) is 6.42 Å². The van der Waals surface area contributed by atoms with E-state index >= 15 is 0 Å². The average molecular weight is 409 g/mol. The van der Waals surface area contributed by atoms with Crippen LogP contribution >= 0.6 is 0 Å². The highest BCUT2D eigenvalue weighted by Gasteiger charge is 2.65. The molecule has 4 N–H and O–H groups in total. The molecule has 0 radical (unpaired) electrons. The number of carbonyl (C=O) groups is 1. The number of carboxylic acids is 1. The number of fused-ring (bicyclic) bond motifs is 5. The van der Waals surface area contributed by atoms with E-state index in [2.05, 4.69) is 20.8 Å². The van der Waals surface area contributed by atoms with E-state index in [1.54, 1.807) is 0 Å². The third-order valence-corrected chi connectivity index (χ3v) is 10.3. The molecule has 11 atom stereocenters. The number of hydrogen-bond acceptors (Lipinski definition) is 4. The minimum absolute atomic E-state index is 0.0957. The fourth-order valence-corrected chi connectivity index (χ4v) is 8.68. The van der Waals surface area contributed by atoms with E-state index in [4.69, 9.17) is 5.11 Å². The lowest BCUT2D eigenvalue weighted by atomic mass is 9.43. The van der Waals surface area contributed by atoms with E-state index in [0.717, 1.165) is 44.9 Å². The maximum Gasteiger partial charge on any atom is 0.303 e. The first-order valence-corrected chi connectivity index (χ1v) is 11.8. The fraction of sp³-hybridized carbons (Fsp3) is 0.958. The van der Waals surface area contributed by atoms with Crippen molar-refractivity contribution in [2.45, 2.75) is 96.9 Å². The van der Waals surface area contributed by atoms with E-state index in [1.165, 1.54) is 0 Å². The zero-order valence-electron chi connectivity index (χ0n) is 18.3. The van der Waals surface area contributed by atoms with Gasteiger partial charge in [-0.25, -0.2) is 0 Å². The lowest BCUT2D eigenvalue weighted by molar-refractivity contribution is -0.207. The minimum Gasteiger partial charge on any atom is -0.481 e. The molecule has 29 heavy (non-hydrogen) atoms. The van der Waals surface area contributed by atoms with Gasteiger partial charge in [-0.1, -0.05) is 20.8 Å². The van der Waals surface area contributed by atoms with Crippen LogP contribution in [0, 0.1) is 46.3 Å². The Morgan fingerprint density at radius 3 is 2.45 bits per heavy atom. The Hall–Kier alpha value is -0.650. The lowest BCUT2D eigenvalue weighted by Gasteiger charge is -2.63. The van der Waals surface area contributed by atoms with Crippen LogP contribution in [0.3, 0.4) is 0 Å². The molecular weight excluding hydrogens is 368 g/mol. The summed E-state index contributed by atoms with van der Waals surface area (Å²) < 4.78 is 0. The van der Waals surface area contributed by atoms with Crippen LogP contribution in [-0.4, -0.2) is 44.7 Å². The van der Waals surface area contributed by atoms with Gasteiger partial charge in [0.2, 0.25) is 0 Å². The van der Waals surface area contributed by atoms with Crippen molar-refractivity contribution in [1.82, 2.24) is 0 Å². The number of hydrogen-bond donors (Lipinski definition) is 4. The van der Waals surface area contributed by atoms with Crippen molar-refractivity contribution >= 4 is 5.97 Å². The first kappa shape index (κ1) is 21.6. The Bertz CT molecular complexity index is 637. The van der Waals surface area contributed by atoms with Gasteiger partial charge in [-0.3, -0.25) is 4.79 Å². The molecule has 4 fully saturated rings. The Kier molecular flexibility index (Phi) is 5.57. The monoisotopic (exact) mass is 408 g/mol. The Morgan fingerprint density at radius 2 is 1.76 bits per heavy atom. The number of carboxylic acid groups (broad SMARTS) is 1. The summed E-state index contributed by atoms with van der Waals surface area (Å²) in [6.45, 7) is 6.72. The van der Waals surface area contributed by atoms with E-state index < -0.39 is 12.1 Å². The highest BCUT2D eigenvalue weighted by molar-refractivity contribution is 5.66. The second-order valence-corrected chi connectivity index (χ2v) is 11.4. The predicted molar refractivity (Wildman–Crippen MR) is 110 cm³/mol. The van der Waals surface area contributed by atoms with Crippen LogP contribution in [-0.2, 0) is 4.79 Å². The van der Waals surface area contributed by atoms with E-state index in [9.17, 15) is 20.1 Å². The summed E-state index contributed by atoms with van der Waals surface area (Å²) >= 11 is 0. The van der Waals surface area contributed by atoms with Crippen molar-refractivity contribution in [1.29, 1.82) is 0 Å². The topological polar surface area (TPSA) is 98.0 Å². The Morgan fingerprint density at radius 1 is 1.03 bits per heavy atom. The Labute approximate surface area is 174 Å². The number of aliphatic hydroxyl groups is 3. The molecule has 0 aromatic rings. The zero-order valence-corrected chi connectivity index (χ0v) is 18.3. The fourth-order valence-electron chi connectivity index (χ4n) is 8.68. The molecule has 1 unspecified atom stereocenters. The summed E-state index contributed by atoms with van der Waals surface area (Å²) in [5, 5.41) is 42.0. The third kappa shape index (κ3) is 3.27. The molecule has 5 nitrogen and oxygen atoms in total. The van der Waals surface area contributed by atoms with Crippen molar-refractivity contribution < 1.29 is 25.2 Å². The highest BCUT2D eigenvalue weighted by atomic mass is 16.4.